The lowest BCUT2D eigenvalue weighted by molar-refractivity contribution is 0.573. The van der Waals surface area contributed by atoms with E-state index in [0.29, 0.717) is 41.7 Å². The molecule has 0 saturated heterocycles. The fraction of sp³-hybridized carbons (Fsp3) is 0.167. The van der Waals surface area contributed by atoms with Crippen molar-refractivity contribution in [3.05, 3.63) is 105 Å². The maximum absolute atomic E-state index is 13.8. The predicted molar refractivity (Wildman–Crippen MR) is 123 cm³/mol. The van der Waals surface area contributed by atoms with Gasteiger partial charge in [0.05, 0.1) is 16.6 Å². The van der Waals surface area contributed by atoms with Crippen molar-refractivity contribution >= 4 is 23.2 Å². The zero-order valence-electron chi connectivity index (χ0n) is 16.7. The van der Waals surface area contributed by atoms with Crippen molar-refractivity contribution in [2.24, 2.45) is 0 Å². The summed E-state index contributed by atoms with van der Waals surface area (Å²) in [6.45, 7) is 1.64. The zero-order chi connectivity index (χ0) is 21.6. The number of nitrogens with one attached hydrogen (secondary N) is 1. The molecule has 0 aliphatic rings. The number of aromatic nitrogens is 3. The van der Waals surface area contributed by atoms with E-state index in [1.807, 2.05) is 48.5 Å². The summed E-state index contributed by atoms with van der Waals surface area (Å²) in [5.41, 5.74) is 4.30. The Labute approximate surface area is 190 Å². The van der Waals surface area contributed by atoms with E-state index < -0.39 is 0 Å². The van der Waals surface area contributed by atoms with Crippen molar-refractivity contribution in [1.82, 2.24) is 20.3 Å². The third-order valence-corrected chi connectivity index (χ3v) is 5.64. The van der Waals surface area contributed by atoms with Gasteiger partial charge >= 0.3 is 0 Å². The van der Waals surface area contributed by atoms with E-state index in [2.05, 4.69) is 10.4 Å². The molecule has 4 aromatic rings. The Morgan fingerprint density at radius 2 is 1.65 bits per heavy atom. The van der Waals surface area contributed by atoms with Gasteiger partial charge in [-0.05, 0) is 42.3 Å². The van der Waals surface area contributed by atoms with E-state index in [4.69, 9.17) is 28.3 Å². The van der Waals surface area contributed by atoms with Crippen LogP contribution >= 0.6 is 23.2 Å². The molecule has 0 saturated carbocycles. The summed E-state index contributed by atoms with van der Waals surface area (Å²) in [7, 11) is 0. The second-order valence-corrected chi connectivity index (χ2v) is 7.97. The van der Waals surface area contributed by atoms with Crippen molar-refractivity contribution in [3.63, 3.8) is 0 Å². The largest absolute Gasteiger partial charge is 0.311 e. The Kier molecular flexibility index (Phi) is 6.97. The van der Waals surface area contributed by atoms with Gasteiger partial charge in [-0.1, -0.05) is 77.8 Å². The molecule has 4 rings (SSSR count). The van der Waals surface area contributed by atoms with Crippen LogP contribution in [-0.2, 0) is 19.5 Å². The van der Waals surface area contributed by atoms with Crippen LogP contribution in [0.2, 0.25) is 10.0 Å². The summed E-state index contributed by atoms with van der Waals surface area (Å²) in [6, 6.07) is 22.3. The van der Waals surface area contributed by atoms with Crippen molar-refractivity contribution < 1.29 is 4.39 Å². The molecule has 1 aromatic heterocycles. The summed E-state index contributed by atoms with van der Waals surface area (Å²) in [4.78, 5) is 1.66. The maximum atomic E-state index is 13.8. The Morgan fingerprint density at radius 1 is 0.871 bits per heavy atom. The lowest BCUT2D eigenvalue weighted by atomic mass is 10.1. The van der Waals surface area contributed by atoms with Crippen LogP contribution in [-0.4, -0.2) is 21.5 Å². The average molecular weight is 455 g/mol. The first-order valence-corrected chi connectivity index (χ1v) is 10.7. The molecule has 1 N–H and O–H groups in total. The van der Waals surface area contributed by atoms with E-state index in [9.17, 15) is 4.39 Å². The lowest BCUT2D eigenvalue weighted by Gasteiger charge is -2.05. The summed E-state index contributed by atoms with van der Waals surface area (Å²) in [5.74, 6) is -0.179. The molecule has 0 aliphatic carbocycles. The standard InChI is InChI=1S/C24H21Cl2FN4/c25-20-11-10-17(14-21(20)26)16-31-29-23(24(30-31)19-7-2-1-3-8-19)15-28-13-12-18-6-4-5-9-22(18)27/h1-11,14,28H,12-13,15-16H2. The molecule has 0 radical (unpaired) electrons. The van der Waals surface area contributed by atoms with Gasteiger partial charge in [0.2, 0.25) is 0 Å². The topological polar surface area (TPSA) is 42.7 Å². The predicted octanol–water partition coefficient (Wildman–Crippen LogP) is 5.77. The van der Waals surface area contributed by atoms with Crippen LogP contribution in [0, 0.1) is 5.82 Å². The molecule has 0 spiro atoms. The Morgan fingerprint density at radius 3 is 2.42 bits per heavy atom. The number of nitrogens with zero attached hydrogens (tertiary/aromatic N) is 3. The zero-order valence-corrected chi connectivity index (χ0v) is 18.2. The highest BCUT2D eigenvalue weighted by Crippen LogP contribution is 2.24. The first-order valence-electron chi connectivity index (χ1n) is 9.97. The van der Waals surface area contributed by atoms with Crippen LogP contribution in [0.15, 0.2) is 72.8 Å². The van der Waals surface area contributed by atoms with Crippen LogP contribution < -0.4 is 5.32 Å². The van der Waals surface area contributed by atoms with Crippen molar-refractivity contribution in [3.8, 4) is 11.3 Å². The molecular formula is C24H21Cl2FN4. The minimum atomic E-state index is -0.179. The van der Waals surface area contributed by atoms with Gasteiger partial charge in [-0.3, -0.25) is 0 Å². The highest BCUT2D eigenvalue weighted by Gasteiger charge is 2.14. The molecule has 1 heterocycles. The minimum Gasteiger partial charge on any atom is -0.311 e. The summed E-state index contributed by atoms with van der Waals surface area (Å²) in [5, 5.41) is 13.8. The molecule has 31 heavy (non-hydrogen) atoms. The fourth-order valence-corrected chi connectivity index (χ4v) is 3.65. The van der Waals surface area contributed by atoms with Gasteiger partial charge in [0.15, 0.2) is 0 Å². The molecule has 0 atom stereocenters. The van der Waals surface area contributed by atoms with Gasteiger partial charge in [-0.15, -0.1) is 0 Å². The molecule has 0 bridgehead atoms. The molecule has 7 heteroatoms. The molecule has 0 aliphatic heterocycles. The van der Waals surface area contributed by atoms with Gasteiger partial charge in [0.25, 0.3) is 0 Å². The van der Waals surface area contributed by atoms with E-state index in [1.165, 1.54) is 6.07 Å². The van der Waals surface area contributed by atoms with Crippen LogP contribution in [0.5, 0.6) is 0 Å². The van der Waals surface area contributed by atoms with Gasteiger partial charge in [-0.25, -0.2) is 4.39 Å². The maximum Gasteiger partial charge on any atom is 0.126 e. The van der Waals surface area contributed by atoms with Crippen molar-refractivity contribution in [2.75, 3.05) is 6.54 Å². The van der Waals surface area contributed by atoms with Crippen LogP contribution in [0.1, 0.15) is 16.8 Å². The molecule has 0 fully saturated rings. The molecule has 4 nitrogen and oxygen atoms in total. The average Bonchev–Trinajstić information content (AvgIpc) is 3.18. The van der Waals surface area contributed by atoms with Gasteiger partial charge in [0, 0.05) is 12.1 Å². The van der Waals surface area contributed by atoms with E-state index >= 15 is 0 Å². The molecule has 3 aromatic carbocycles. The highest BCUT2D eigenvalue weighted by atomic mass is 35.5. The van der Waals surface area contributed by atoms with Crippen molar-refractivity contribution in [1.29, 1.82) is 0 Å². The fourth-order valence-electron chi connectivity index (χ4n) is 3.32. The minimum absolute atomic E-state index is 0.179. The second-order valence-electron chi connectivity index (χ2n) is 7.16. The van der Waals surface area contributed by atoms with Gasteiger partial charge in [0.1, 0.15) is 17.2 Å². The summed E-state index contributed by atoms with van der Waals surface area (Å²) >= 11 is 12.2. The number of halogens is 3. The molecule has 0 unspecified atom stereocenters. The summed E-state index contributed by atoms with van der Waals surface area (Å²) < 4.78 is 13.8. The number of hydrogen-bond donors (Lipinski definition) is 1. The van der Waals surface area contributed by atoms with Gasteiger partial charge in [-0.2, -0.15) is 15.0 Å². The first-order chi connectivity index (χ1) is 15.1. The highest BCUT2D eigenvalue weighted by molar-refractivity contribution is 6.42. The third kappa shape index (κ3) is 5.50. The quantitative estimate of drug-likeness (QED) is 0.343. The van der Waals surface area contributed by atoms with Crippen LogP contribution in [0.25, 0.3) is 11.3 Å². The normalized spacial score (nSPS) is 11.1. The molecule has 0 amide bonds. The smallest absolute Gasteiger partial charge is 0.126 e. The van der Waals surface area contributed by atoms with Crippen molar-refractivity contribution in [2.45, 2.75) is 19.5 Å². The number of benzene rings is 3. The van der Waals surface area contributed by atoms with E-state index in [1.54, 1.807) is 23.0 Å². The molecular weight excluding hydrogens is 434 g/mol. The third-order valence-electron chi connectivity index (χ3n) is 4.90. The number of hydrogen-bond acceptors (Lipinski definition) is 3. The Hall–Kier alpha value is -2.73. The van der Waals surface area contributed by atoms with Gasteiger partial charge < -0.3 is 5.32 Å². The monoisotopic (exact) mass is 454 g/mol. The second kappa shape index (κ2) is 10.1. The lowest BCUT2D eigenvalue weighted by Crippen LogP contribution is -2.18. The first kappa shape index (κ1) is 21.5. The SMILES string of the molecule is Fc1ccccc1CCNCc1nn(Cc2ccc(Cl)c(Cl)c2)nc1-c1ccccc1. The van der Waals surface area contributed by atoms with Crippen LogP contribution in [0.4, 0.5) is 4.39 Å². The molecule has 158 valence electrons. The number of rotatable bonds is 8. The Bertz CT molecular complexity index is 1160. The van der Waals surface area contributed by atoms with E-state index in [0.717, 1.165) is 22.5 Å². The summed E-state index contributed by atoms with van der Waals surface area (Å²) in [6.07, 6.45) is 0.602. The van der Waals surface area contributed by atoms with E-state index in [-0.39, 0.29) is 5.82 Å². The van der Waals surface area contributed by atoms with Crippen LogP contribution in [0.3, 0.4) is 0 Å². The Balaban J connectivity index is 1.49.